The second-order valence-corrected chi connectivity index (χ2v) is 9.27. The summed E-state index contributed by atoms with van der Waals surface area (Å²) in [5.41, 5.74) is 3.91. The maximum atomic E-state index is 12.5. The van der Waals surface area contributed by atoms with E-state index in [-0.39, 0.29) is 24.2 Å². The van der Waals surface area contributed by atoms with Gasteiger partial charge >= 0.3 is 0 Å². The van der Waals surface area contributed by atoms with E-state index in [1.807, 2.05) is 36.4 Å². The Morgan fingerprint density at radius 1 is 0.968 bits per heavy atom. The van der Waals surface area contributed by atoms with Crippen LogP contribution in [0.3, 0.4) is 0 Å². The van der Waals surface area contributed by atoms with Crippen LogP contribution in [0.15, 0.2) is 48.5 Å². The fourth-order valence-corrected chi connectivity index (χ4v) is 6.26. The number of hydrogen-bond acceptors (Lipinski definition) is 3. The summed E-state index contributed by atoms with van der Waals surface area (Å²) in [6.45, 7) is 3.41. The lowest BCUT2D eigenvalue weighted by Gasteiger charge is -2.46. The number of piperidine rings is 1. The summed E-state index contributed by atoms with van der Waals surface area (Å²) in [6.07, 6.45) is 7.39. The highest BCUT2D eigenvalue weighted by Gasteiger charge is 2.39. The Bertz CT molecular complexity index is 884. The van der Waals surface area contributed by atoms with Gasteiger partial charge in [-0.15, -0.1) is 12.4 Å². The van der Waals surface area contributed by atoms with Crippen molar-refractivity contribution in [2.45, 2.75) is 63.5 Å². The number of amides is 1. The highest BCUT2D eigenvalue weighted by atomic mass is 35.5. The molecule has 3 atom stereocenters. The number of rotatable bonds is 3. The molecule has 0 radical (unpaired) electrons. The van der Waals surface area contributed by atoms with Gasteiger partial charge in [0.15, 0.2) is 0 Å². The molecule has 2 fully saturated rings. The molecule has 5 rings (SSSR count). The van der Waals surface area contributed by atoms with Crippen molar-refractivity contribution < 1.29 is 9.90 Å². The number of nitrogens with zero attached hydrogens (tertiary/aromatic N) is 2. The number of para-hydroxylation sites is 2. The second-order valence-electron chi connectivity index (χ2n) is 9.27. The Morgan fingerprint density at radius 2 is 1.55 bits per heavy atom. The van der Waals surface area contributed by atoms with Crippen molar-refractivity contribution in [1.29, 1.82) is 0 Å². The predicted molar refractivity (Wildman–Crippen MR) is 127 cm³/mol. The molecule has 5 heteroatoms. The van der Waals surface area contributed by atoms with E-state index in [2.05, 4.69) is 17.0 Å². The molecule has 166 valence electrons. The van der Waals surface area contributed by atoms with Crippen molar-refractivity contribution in [1.82, 2.24) is 4.90 Å². The number of likely N-dealkylation sites (tertiary alicyclic amines) is 1. The fraction of sp³-hybridized carbons (Fsp3) is 0.500. The van der Waals surface area contributed by atoms with E-state index in [0.717, 1.165) is 35.0 Å². The first-order valence-electron chi connectivity index (χ1n) is 11.6. The minimum atomic E-state index is -0.498. The van der Waals surface area contributed by atoms with Crippen LogP contribution in [0, 0.1) is 5.92 Å². The van der Waals surface area contributed by atoms with Crippen molar-refractivity contribution in [2.24, 2.45) is 5.92 Å². The molecule has 1 N–H and O–H groups in total. The SMILES string of the molecule is CC(=O)N1c2ccccc2C(C(O)CN2CCCC3CCCCC32)c2ccccc21.Cl. The summed E-state index contributed by atoms with van der Waals surface area (Å²) in [5, 5.41) is 11.6. The molecule has 3 aliphatic rings. The van der Waals surface area contributed by atoms with E-state index in [9.17, 15) is 9.90 Å². The third kappa shape index (κ3) is 4.02. The molecule has 0 bridgehead atoms. The van der Waals surface area contributed by atoms with Gasteiger partial charge in [-0.05, 0) is 61.4 Å². The maximum absolute atomic E-state index is 12.5. The van der Waals surface area contributed by atoms with Crippen LogP contribution in [0.5, 0.6) is 0 Å². The summed E-state index contributed by atoms with van der Waals surface area (Å²) in [7, 11) is 0. The molecule has 3 unspecified atom stereocenters. The van der Waals surface area contributed by atoms with Crippen LogP contribution in [0.2, 0.25) is 0 Å². The van der Waals surface area contributed by atoms with Gasteiger partial charge in [-0.25, -0.2) is 0 Å². The zero-order valence-electron chi connectivity index (χ0n) is 18.2. The van der Waals surface area contributed by atoms with Crippen molar-refractivity contribution >= 4 is 29.7 Å². The molecule has 0 aromatic heterocycles. The lowest BCUT2D eigenvalue weighted by molar-refractivity contribution is -0.115. The van der Waals surface area contributed by atoms with Gasteiger partial charge in [-0.1, -0.05) is 49.2 Å². The number of carbonyl (C=O) groups is 1. The van der Waals surface area contributed by atoms with Crippen LogP contribution in [-0.4, -0.2) is 41.1 Å². The molecular formula is C26H33ClN2O2. The van der Waals surface area contributed by atoms with Gasteiger partial charge in [-0.2, -0.15) is 0 Å². The normalized spacial score (nSPS) is 24.4. The monoisotopic (exact) mass is 440 g/mol. The van der Waals surface area contributed by atoms with Gasteiger partial charge in [0.25, 0.3) is 0 Å². The number of fused-ring (bicyclic) bond motifs is 3. The number of carbonyl (C=O) groups excluding carboxylic acids is 1. The van der Waals surface area contributed by atoms with Crippen molar-refractivity contribution in [3.63, 3.8) is 0 Å². The van der Waals surface area contributed by atoms with Gasteiger partial charge in [0.1, 0.15) is 0 Å². The molecule has 1 aliphatic carbocycles. The summed E-state index contributed by atoms with van der Waals surface area (Å²) in [5.74, 6) is 0.694. The number of hydrogen-bond donors (Lipinski definition) is 1. The van der Waals surface area contributed by atoms with E-state index >= 15 is 0 Å². The van der Waals surface area contributed by atoms with Crippen LogP contribution in [0.25, 0.3) is 0 Å². The van der Waals surface area contributed by atoms with E-state index in [1.165, 1.54) is 38.5 Å². The minimum absolute atomic E-state index is 0. The molecule has 1 saturated heterocycles. The van der Waals surface area contributed by atoms with Crippen LogP contribution in [0.1, 0.15) is 62.5 Å². The fourth-order valence-electron chi connectivity index (χ4n) is 6.26. The lowest BCUT2D eigenvalue weighted by Crippen LogP contribution is -2.50. The Morgan fingerprint density at radius 3 is 2.19 bits per heavy atom. The quantitative estimate of drug-likeness (QED) is 0.708. The molecule has 0 spiro atoms. The molecule has 2 aromatic rings. The highest BCUT2D eigenvalue weighted by molar-refractivity contribution is 6.02. The molecule has 1 amide bonds. The lowest BCUT2D eigenvalue weighted by atomic mass is 9.77. The number of anilines is 2. The van der Waals surface area contributed by atoms with Crippen LogP contribution < -0.4 is 4.90 Å². The number of β-amino-alcohol motifs (C(OH)–C–C–N with tert-alkyl or cyclic N) is 1. The van der Waals surface area contributed by atoms with E-state index in [1.54, 1.807) is 11.8 Å². The Kier molecular flexibility index (Phi) is 6.71. The summed E-state index contributed by atoms with van der Waals surface area (Å²) in [6, 6.07) is 16.8. The Hall–Kier alpha value is -1.88. The second kappa shape index (κ2) is 9.32. The van der Waals surface area contributed by atoms with Gasteiger partial charge in [0, 0.05) is 25.4 Å². The van der Waals surface area contributed by atoms with E-state index < -0.39 is 6.10 Å². The first-order valence-corrected chi connectivity index (χ1v) is 11.6. The molecule has 4 nitrogen and oxygen atoms in total. The highest BCUT2D eigenvalue weighted by Crippen LogP contribution is 2.47. The third-order valence-electron chi connectivity index (χ3n) is 7.50. The van der Waals surface area contributed by atoms with Gasteiger partial charge in [0.2, 0.25) is 5.91 Å². The predicted octanol–water partition coefficient (Wildman–Crippen LogP) is 5.25. The Labute approximate surface area is 191 Å². The molecule has 2 heterocycles. The zero-order valence-corrected chi connectivity index (χ0v) is 19.1. The number of aliphatic hydroxyl groups is 1. The Balaban J connectivity index is 0.00000231. The van der Waals surface area contributed by atoms with Crippen LogP contribution in [0.4, 0.5) is 11.4 Å². The van der Waals surface area contributed by atoms with Crippen molar-refractivity contribution in [3.8, 4) is 0 Å². The number of aliphatic hydroxyl groups excluding tert-OH is 1. The van der Waals surface area contributed by atoms with Gasteiger partial charge in [0.05, 0.1) is 17.5 Å². The van der Waals surface area contributed by atoms with Gasteiger partial charge < -0.3 is 5.11 Å². The smallest absolute Gasteiger partial charge is 0.228 e. The van der Waals surface area contributed by atoms with Crippen molar-refractivity contribution in [2.75, 3.05) is 18.0 Å². The van der Waals surface area contributed by atoms with E-state index in [4.69, 9.17) is 0 Å². The molecule has 2 aliphatic heterocycles. The van der Waals surface area contributed by atoms with E-state index in [0.29, 0.717) is 12.6 Å². The maximum Gasteiger partial charge on any atom is 0.228 e. The minimum Gasteiger partial charge on any atom is -0.391 e. The zero-order chi connectivity index (χ0) is 20.7. The van der Waals surface area contributed by atoms with Crippen LogP contribution >= 0.6 is 12.4 Å². The molecule has 1 saturated carbocycles. The van der Waals surface area contributed by atoms with Gasteiger partial charge in [-0.3, -0.25) is 14.6 Å². The summed E-state index contributed by atoms with van der Waals surface area (Å²) >= 11 is 0. The average Bonchev–Trinajstić information content (AvgIpc) is 2.77. The third-order valence-corrected chi connectivity index (χ3v) is 7.50. The number of halogens is 1. The first kappa shape index (κ1) is 22.3. The first-order chi connectivity index (χ1) is 14.6. The number of benzene rings is 2. The van der Waals surface area contributed by atoms with Crippen molar-refractivity contribution in [3.05, 3.63) is 59.7 Å². The topological polar surface area (TPSA) is 43.8 Å². The summed E-state index contributed by atoms with van der Waals surface area (Å²) < 4.78 is 0. The molecule has 2 aromatic carbocycles. The average molecular weight is 441 g/mol. The molecular weight excluding hydrogens is 408 g/mol. The summed E-state index contributed by atoms with van der Waals surface area (Å²) in [4.78, 5) is 16.9. The standard InChI is InChI=1S/C26H32N2O2.ClH/c1-18(29)28-23-14-6-3-11-20(23)26(21-12-4-7-15-24(21)28)25(30)17-27-16-8-10-19-9-2-5-13-22(19)27;/h3-4,6-7,11-12,14-15,19,22,25-26,30H,2,5,8-10,13,16-17H2,1H3;1H. The molecule has 31 heavy (non-hydrogen) atoms. The largest absolute Gasteiger partial charge is 0.391 e. The van der Waals surface area contributed by atoms with Crippen LogP contribution in [-0.2, 0) is 4.79 Å².